The van der Waals surface area contributed by atoms with Gasteiger partial charge in [-0.15, -0.1) is 0 Å². The third kappa shape index (κ3) is 2.61. The first kappa shape index (κ1) is 14.7. The molecule has 0 radical (unpaired) electrons. The zero-order chi connectivity index (χ0) is 14.9. The van der Waals surface area contributed by atoms with Crippen molar-refractivity contribution in [3.05, 3.63) is 0 Å². The zero-order valence-corrected chi connectivity index (χ0v) is 11.1. The van der Waals surface area contributed by atoms with Crippen molar-refractivity contribution in [1.29, 1.82) is 0 Å². The van der Waals surface area contributed by atoms with Crippen LogP contribution in [0.3, 0.4) is 0 Å². The van der Waals surface area contributed by atoms with E-state index < -0.39 is 30.1 Å². The van der Waals surface area contributed by atoms with Gasteiger partial charge in [0, 0.05) is 19.5 Å². The Kier molecular flexibility index (Phi) is 4.24. The van der Waals surface area contributed by atoms with Crippen LogP contribution in [0, 0.1) is 0 Å². The Labute approximate surface area is 116 Å². The van der Waals surface area contributed by atoms with Gasteiger partial charge in [-0.1, -0.05) is 0 Å². The second-order valence-electron chi connectivity index (χ2n) is 5.18. The van der Waals surface area contributed by atoms with E-state index in [0.29, 0.717) is 19.4 Å². The van der Waals surface area contributed by atoms with Crippen molar-refractivity contribution in [2.24, 2.45) is 5.73 Å². The Hall–Kier alpha value is -1.67. The predicted octanol–water partition coefficient (Wildman–Crippen LogP) is -2.02. The molecule has 20 heavy (non-hydrogen) atoms. The molecule has 1 unspecified atom stereocenters. The summed E-state index contributed by atoms with van der Waals surface area (Å²) in [5, 5.41) is 18.7. The van der Waals surface area contributed by atoms with E-state index in [1.165, 1.54) is 9.80 Å². The second-order valence-corrected chi connectivity index (χ2v) is 5.18. The molecule has 4 N–H and O–H groups in total. The number of carboxylic acid groups (broad SMARTS) is 1. The van der Waals surface area contributed by atoms with E-state index in [2.05, 4.69) is 0 Å². The maximum absolute atomic E-state index is 12.5. The Morgan fingerprint density at radius 3 is 2.50 bits per heavy atom. The molecular weight excluding hydrogens is 266 g/mol. The molecule has 8 heteroatoms. The fourth-order valence-corrected chi connectivity index (χ4v) is 2.92. The van der Waals surface area contributed by atoms with Crippen LogP contribution in [0.15, 0.2) is 0 Å². The fraction of sp³-hybridized carbons (Fsp3) is 0.750. The first-order chi connectivity index (χ1) is 9.45. The lowest BCUT2D eigenvalue weighted by Gasteiger charge is -2.29. The van der Waals surface area contributed by atoms with Crippen molar-refractivity contribution in [2.75, 3.05) is 19.6 Å². The predicted molar refractivity (Wildman–Crippen MR) is 67.6 cm³/mol. The summed E-state index contributed by atoms with van der Waals surface area (Å²) in [7, 11) is 0. The number of aliphatic hydroxyl groups excluding tert-OH is 1. The number of rotatable bonds is 3. The molecule has 0 saturated carbocycles. The number of nitrogens with zero attached hydrogens (tertiary/aromatic N) is 2. The standard InChI is InChI=1S/C12H19N3O5/c13-5-10(17)14-3-1-2-8(14)11(18)15-6-7(16)4-9(15)12(19)20/h7-9,16H,1-6,13H2,(H,19,20)/t7?,8-,9-/m0/s1. The Balaban J connectivity index is 2.13. The van der Waals surface area contributed by atoms with Gasteiger partial charge in [0.15, 0.2) is 0 Å². The van der Waals surface area contributed by atoms with Gasteiger partial charge in [0.25, 0.3) is 0 Å². The number of carboxylic acids is 1. The summed E-state index contributed by atoms with van der Waals surface area (Å²) in [4.78, 5) is 37.9. The topological polar surface area (TPSA) is 124 Å². The van der Waals surface area contributed by atoms with Gasteiger partial charge in [-0.25, -0.2) is 4.79 Å². The van der Waals surface area contributed by atoms with Crippen LogP contribution in [-0.4, -0.2) is 75.6 Å². The number of nitrogens with two attached hydrogens (primary N) is 1. The lowest BCUT2D eigenvalue weighted by molar-refractivity contribution is -0.151. The van der Waals surface area contributed by atoms with Crippen LogP contribution in [0.1, 0.15) is 19.3 Å². The fourth-order valence-electron chi connectivity index (χ4n) is 2.92. The van der Waals surface area contributed by atoms with Gasteiger partial charge >= 0.3 is 5.97 Å². The molecule has 2 amide bonds. The van der Waals surface area contributed by atoms with Crippen molar-refractivity contribution < 1.29 is 24.6 Å². The van der Waals surface area contributed by atoms with E-state index in [9.17, 15) is 19.5 Å². The summed E-state index contributed by atoms with van der Waals surface area (Å²) < 4.78 is 0. The Morgan fingerprint density at radius 1 is 1.20 bits per heavy atom. The van der Waals surface area contributed by atoms with Gasteiger partial charge in [0.05, 0.1) is 12.6 Å². The number of aliphatic hydroxyl groups is 1. The van der Waals surface area contributed by atoms with Gasteiger partial charge in [-0.3, -0.25) is 9.59 Å². The Morgan fingerprint density at radius 2 is 1.90 bits per heavy atom. The number of amides is 2. The summed E-state index contributed by atoms with van der Waals surface area (Å²) >= 11 is 0. The molecule has 2 heterocycles. The van der Waals surface area contributed by atoms with Crippen molar-refractivity contribution in [3.8, 4) is 0 Å². The highest BCUT2D eigenvalue weighted by molar-refractivity contribution is 5.91. The molecule has 0 aromatic rings. The minimum Gasteiger partial charge on any atom is -0.480 e. The van der Waals surface area contributed by atoms with E-state index in [4.69, 9.17) is 10.8 Å². The molecule has 112 valence electrons. The molecule has 2 aliphatic rings. The van der Waals surface area contributed by atoms with Gasteiger partial charge in [-0.2, -0.15) is 0 Å². The number of likely N-dealkylation sites (tertiary alicyclic amines) is 2. The molecule has 2 fully saturated rings. The van der Waals surface area contributed by atoms with Crippen molar-refractivity contribution >= 4 is 17.8 Å². The largest absolute Gasteiger partial charge is 0.480 e. The van der Waals surface area contributed by atoms with Crippen molar-refractivity contribution in [2.45, 2.75) is 37.5 Å². The van der Waals surface area contributed by atoms with Crippen LogP contribution in [0.2, 0.25) is 0 Å². The van der Waals surface area contributed by atoms with Crippen LogP contribution >= 0.6 is 0 Å². The zero-order valence-electron chi connectivity index (χ0n) is 11.1. The monoisotopic (exact) mass is 285 g/mol. The number of aliphatic carboxylic acids is 1. The number of carbonyl (C=O) groups excluding carboxylic acids is 2. The van der Waals surface area contributed by atoms with E-state index in [0.717, 1.165) is 0 Å². The quantitative estimate of drug-likeness (QED) is 0.550. The normalized spacial score (nSPS) is 29.8. The number of β-amino-alcohol motifs (C(OH)–C–C–N with tert-alkyl or cyclic N) is 1. The van der Waals surface area contributed by atoms with E-state index in [1.54, 1.807) is 0 Å². The smallest absolute Gasteiger partial charge is 0.326 e. The maximum atomic E-state index is 12.5. The van der Waals surface area contributed by atoms with Crippen LogP contribution in [-0.2, 0) is 14.4 Å². The van der Waals surface area contributed by atoms with Crippen LogP contribution in [0.5, 0.6) is 0 Å². The van der Waals surface area contributed by atoms with E-state index in [1.807, 2.05) is 0 Å². The van der Waals surface area contributed by atoms with Gasteiger partial charge in [-0.05, 0) is 12.8 Å². The van der Waals surface area contributed by atoms with Crippen LogP contribution in [0.25, 0.3) is 0 Å². The van der Waals surface area contributed by atoms with Crippen LogP contribution in [0.4, 0.5) is 0 Å². The highest BCUT2D eigenvalue weighted by Crippen LogP contribution is 2.25. The molecule has 2 aliphatic heterocycles. The highest BCUT2D eigenvalue weighted by Gasteiger charge is 2.44. The summed E-state index contributed by atoms with van der Waals surface area (Å²) in [6.45, 7) is 0.284. The summed E-state index contributed by atoms with van der Waals surface area (Å²) in [6, 6.07) is -1.67. The minimum absolute atomic E-state index is 0.00302. The molecule has 3 atom stereocenters. The lowest BCUT2D eigenvalue weighted by atomic mass is 10.1. The maximum Gasteiger partial charge on any atom is 0.326 e. The van der Waals surface area contributed by atoms with Crippen LogP contribution < -0.4 is 5.73 Å². The molecule has 0 bridgehead atoms. The van der Waals surface area contributed by atoms with E-state index >= 15 is 0 Å². The average molecular weight is 285 g/mol. The molecule has 8 nitrogen and oxygen atoms in total. The molecule has 0 aromatic heterocycles. The third-order valence-corrected chi connectivity index (χ3v) is 3.88. The van der Waals surface area contributed by atoms with Gasteiger partial charge in [0.2, 0.25) is 11.8 Å². The van der Waals surface area contributed by atoms with Crippen molar-refractivity contribution in [1.82, 2.24) is 9.80 Å². The first-order valence-electron chi connectivity index (χ1n) is 6.66. The molecule has 2 rings (SSSR count). The molecule has 0 spiro atoms. The SMILES string of the molecule is NCC(=O)N1CCC[C@H]1C(=O)N1CC(O)C[C@H]1C(=O)O. The summed E-state index contributed by atoms with van der Waals surface area (Å²) in [6.07, 6.45) is 0.387. The highest BCUT2D eigenvalue weighted by atomic mass is 16.4. The molecular formula is C12H19N3O5. The third-order valence-electron chi connectivity index (χ3n) is 3.88. The van der Waals surface area contributed by atoms with Gasteiger partial charge < -0.3 is 25.7 Å². The molecule has 0 aliphatic carbocycles. The Bertz CT molecular complexity index is 427. The average Bonchev–Trinajstić information content (AvgIpc) is 3.03. The number of carbonyl (C=O) groups is 3. The molecule has 2 saturated heterocycles. The second kappa shape index (κ2) is 5.76. The summed E-state index contributed by atoms with van der Waals surface area (Å²) in [5.41, 5.74) is 5.32. The summed E-state index contributed by atoms with van der Waals surface area (Å²) in [5.74, 6) is -1.86. The van der Waals surface area contributed by atoms with Gasteiger partial charge in [0.1, 0.15) is 12.1 Å². The van der Waals surface area contributed by atoms with E-state index in [-0.39, 0.29) is 25.4 Å². The number of hydrogen-bond donors (Lipinski definition) is 3. The van der Waals surface area contributed by atoms with Crippen molar-refractivity contribution in [3.63, 3.8) is 0 Å². The lowest BCUT2D eigenvalue weighted by Crippen LogP contribution is -2.52. The first-order valence-corrected chi connectivity index (χ1v) is 6.66. The minimum atomic E-state index is -1.13. The molecule has 0 aromatic carbocycles. The number of hydrogen-bond acceptors (Lipinski definition) is 5.